The highest BCUT2D eigenvalue weighted by Crippen LogP contribution is 2.28. The first-order valence-electron chi connectivity index (χ1n) is 9.59. The predicted molar refractivity (Wildman–Crippen MR) is 114 cm³/mol. The van der Waals surface area contributed by atoms with Crippen LogP contribution in [0.15, 0.2) is 60.9 Å². The Labute approximate surface area is 175 Å². The van der Waals surface area contributed by atoms with Crippen molar-refractivity contribution in [2.75, 3.05) is 38.2 Å². The second-order valence-corrected chi connectivity index (χ2v) is 7.38. The average molecular weight is 411 g/mol. The van der Waals surface area contributed by atoms with Gasteiger partial charge in [0.15, 0.2) is 0 Å². The predicted octanol–water partition coefficient (Wildman–Crippen LogP) is 3.56. The van der Waals surface area contributed by atoms with Crippen molar-refractivity contribution in [2.45, 2.75) is 6.54 Å². The number of amides is 1. The third-order valence-electron chi connectivity index (χ3n) is 5.16. The van der Waals surface area contributed by atoms with Crippen molar-refractivity contribution in [2.24, 2.45) is 0 Å². The summed E-state index contributed by atoms with van der Waals surface area (Å²) in [5.74, 6) is 0.864. The normalized spacial score (nSPS) is 14.1. The lowest BCUT2D eigenvalue weighted by Gasteiger charge is -2.36. The number of halogens is 1. The van der Waals surface area contributed by atoms with E-state index in [-0.39, 0.29) is 5.91 Å². The smallest absolute Gasteiger partial charge is 0.257 e. The first-order valence-corrected chi connectivity index (χ1v) is 9.96. The molecule has 3 aromatic rings. The summed E-state index contributed by atoms with van der Waals surface area (Å²) in [4.78, 5) is 17.0. The van der Waals surface area contributed by atoms with Crippen LogP contribution in [0, 0.1) is 0 Å². The molecule has 2 aromatic carbocycles. The number of anilines is 1. The topological polar surface area (TPSA) is 50.6 Å². The van der Waals surface area contributed by atoms with Crippen LogP contribution < -0.4 is 9.64 Å². The lowest BCUT2D eigenvalue weighted by atomic mass is 10.2. The van der Waals surface area contributed by atoms with Gasteiger partial charge < -0.3 is 14.5 Å². The molecule has 0 spiro atoms. The van der Waals surface area contributed by atoms with Crippen LogP contribution in [0.1, 0.15) is 15.9 Å². The summed E-state index contributed by atoms with van der Waals surface area (Å²) in [6.45, 7) is 3.38. The van der Waals surface area contributed by atoms with E-state index in [1.807, 2.05) is 47.4 Å². The van der Waals surface area contributed by atoms with Crippen molar-refractivity contribution in [1.82, 2.24) is 14.7 Å². The number of nitrogens with zero attached hydrogens (tertiary/aromatic N) is 4. The molecule has 4 rings (SSSR count). The number of ether oxygens (including phenoxy) is 1. The van der Waals surface area contributed by atoms with E-state index in [1.165, 1.54) is 0 Å². The third-order valence-corrected chi connectivity index (χ3v) is 5.53. The molecule has 2 heterocycles. The number of benzene rings is 2. The van der Waals surface area contributed by atoms with Crippen molar-refractivity contribution in [3.63, 3.8) is 0 Å². The molecule has 1 aromatic heterocycles. The van der Waals surface area contributed by atoms with Gasteiger partial charge in [-0.25, -0.2) is 0 Å². The van der Waals surface area contributed by atoms with E-state index in [0.717, 1.165) is 30.1 Å². The number of hydrogen-bond donors (Lipinski definition) is 0. The molecule has 1 aliphatic rings. The SMILES string of the molecule is COc1ccccc1N1CCN(C(=O)c2cnn(Cc3ccccc3Cl)c2)CC1. The fourth-order valence-electron chi connectivity index (χ4n) is 3.59. The van der Waals surface area contributed by atoms with Crippen LogP contribution in [-0.2, 0) is 6.54 Å². The Balaban J connectivity index is 1.39. The summed E-state index contributed by atoms with van der Waals surface area (Å²) < 4.78 is 7.21. The minimum absolute atomic E-state index is 0.00934. The molecule has 1 fully saturated rings. The van der Waals surface area contributed by atoms with Gasteiger partial charge in [0.05, 0.1) is 31.1 Å². The minimum Gasteiger partial charge on any atom is -0.495 e. The number of carbonyl (C=O) groups is 1. The van der Waals surface area contributed by atoms with Gasteiger partial charge in [-0.05, 0) is 23.8 Å². The van der Waals surface area contributed by atoms with Gasteiger partial charge >= 0.3 is 0 Å². The monoisotopic (exact) mass is 410 g/mol. The number of para-hydroxylation sites is 2. The molecular weight excluding hydrogens is 388 g/mol. The maximum atomic E-state index is 12.9. The van der Waals surface area contributed by atoms with Crippen LogP contribution in [-0.4, -0.2) is 53.9 Å². The van der Waals surface area contributed by atoms with E-state index in [1.54, 1.807) is 24.2 Å². The second kappa shape index (κ2) is 8.57. The lowest BCUT2D eigenvalue weighted by Crippen LogP contribution is -2.48. The van der Waals surface area contributed by atoms with Crippen LogP contribution in [0.25, 0.3) is 0 Å². The first kappa shape index (κ1) is 19.3. The first-order chi connectivity index (χ1) is 14.2. The molecule has 0 saturated carbocycles. The lowest BCUT2D eigenvalue weighted by molar-refractivity contribution is 0.0746. The Kier molecular flexibility index (Phi) is 5.71. The van der Waals surface area contributed by atoms with Crippen molar-refractivity contribution >= 4 is 23.2 Å². The highest BCUT2D eigenvalue weighted by Gasteiger charge is 2.24. The number of piperazine rings is 1. The van der Waals surface area contributed by atoms with Crippen LogP contribution >= 0.6 is 11.6 Å². The molecule has 0 atom stereocenters. The molecule has 6 nitrogen and oxygen atoms in total. The van der Waals surface area contributed by atoms with Gasteiger partial charge in [0.25, 0.3) is 5.91 Å². The zero-order chi connectivity index (χ0) is 20.2. The van der Waals surface area contributed by atoms with Crippen LogP contribution in [0.3, 0.4) is 0 Å². The summed E-state index contributed by atoms with van der Waals surface area (Å²) >= 11 is 6.22. The Hall–Kier alpha value is -2.99. The quantitative estimate of drug-likeness (QED) is 0.645. The average Bonchev–Trinajstić information content (AvgIpc) is 3.23. The van der Waals surface area contributed by atoms with Gasteiger partial charge in [0, 0.05) is 37.4 Å². The largest absolute Gasteiger partial charge is 0.495 e. The number of rotatable bonds is 5. The van der Waals surface area contributed by atoms with Gasteiger partial charge in [0.2, 0.25) is 0 Å². The highest BCUT2D eigenvalue weighted by atomic mass is 35.5. The number of hydrogen-bond acceptors (Lipinski definition) is 4. The van der Waals surface area contributed by atoms with Gasteiger partial charge in [-0.15, -0.1) is 0 Å². The highest BCUT2D eigenvalue weighted by molar-refractivity contribution is 6.31. The maximum absolute atomic E-state index is 12.9. The van der Waals surface area contributed by atoms with E-state index < -0.39 is 0 Å². The van der Waals surface area contributed by atoms with E-state index >= 15 is 0 Å². The summed E-state index contributed by atoms with van der Waals surface area (Å²) in [7, 11) is 1.68. The molecule has 1 amide bonds. The van der Waals surface area contributed by atoms with Crippen LogP contribution in [0.5, 0.6) is 5.75 Å². The molecular formula is C22H23ClN4O2. The molecule has 0 N–H and O–H groups in total. The van der Waals surface area contributed by atoms with Crippen LogP contribution in [0.2, 0.25) is 5.02 Å². The number of methoxy groups -OCH3 is 1. The Morgan fingerprint density at radius 1 is 1.07 bits per heavy atom. The van der Waals surface area contributed by atoms with Gasteiger partial charge in [-0.1, -0.05) is 41.9 Å². The standard InChI is InChI=1S/C22H23ClN4O2/c1-29-21-9-5-4-8-20(21)25-10-12-26(13-11-25)22(28)18-14-24-27(16-18)15-17-6-2-3-7-19(17)23/h2-9,14,16H,10-13,15H2,1H3. The number of carbonyl (C=O) groups excluding carboxylic acids is 1. The minimum atomic E-state index is 0.00934. The molecule has 1 saturated heterocycles. The summed E-state index contributed by atoms with van der Waals surface area (Å²) in [6, 6.07) is 15.6. The number of aromatic nitrogens is 2. The zero-order valence-electron chi connectivity index (χ0n) is 16.3. The molecule has 0 radical (unpaired) electrons. The Morgan fingerprint density at radius 3 is 2.55 bits per heavy atom. The maximum Gasteiger partial charge on any atom is 0.257 e. The van der Waals surface area contributed by atoms with Gasteiger partial charge in [-0.3, -0.25) is 9.48 Å². The van der Waals surface area contributed by atoms with E-state index in [2.05, 4.69) is 16.1 Å². The zero-order valence-corrected chi connectivity index (χ0v) is 17.0. The van der Waals surface area contributed by atoms with Gasteiger partial charge in [-0.2, -0.15) is 5.10 Å². The fraction of sp³-hybridized carbons (Fsp3) is 0.273. The molecule has 0 unspecified atom stereocenters. The van der Waals surface area contributed by atoms with Gasteiger partial charge in [0.1, 0.15) is 5.75 Å². The van der Waals surface area contributed by atoms with Crippen molar-refractivity contribution in [1.29, 1.82) is 0 Å². The molecule has 0 bridgehead atoms. The summed E-state index contributed by atoms with van der Waals surface area (Å²) in [5.41, 5.74) is 2.64. The Bertz CT molecular complexity index is 996. The fourth-order valence-corrected chi connectivity index (χ4v) is 3.78. The molecule has 150 valence electrons. The van der Waals surface area contributed by atoms with Crippen molar-refractivity contribution < 1.29 is 9.53 Å². The Morgan fingerprint density at radius 2 is 1.79 bits per heavy atom. The van der Waals surface area contributed by atoms with Crippen molar-refractivity contribution in [3.8, 4) is 5.75 Å². The molecule has 7 heteroatoms. The third kappa shape index (κ3) is 4.22. The molecule has 0 aliphatic carbocycles. The van der Waals surface area contributed by atoms with Crippen LogP contribution in [0.4, 0.5) is 5.69 Å². The second-order valence-electron chi connectivity index (χ2n) is 6.97. The van der Waals surface area contributed by atoms with E-state index in [9.17, 15) is 4.79 Å². The molecule has 1 aliphatic heterocycles. The van der Waals surface area contributed by atoms with E-state index in [4.69, 9.17) is 16.3 Å². The molecule has 29 heavy (non-hydrogen) atoms. The summed E-state index contributed by atoms with van der Waals surface area (Å²) in [5, 5.41) is 5.03. The van der Waals surface area contributed by atoms with Crippen molar-refractivity contribution in [3.05, 3.63) is 77.1 Å². The summed E-state index contributed by atoms with van der Waals surface area (Å²) in [6.07, 6.45) is 3.42. The van der Waals surface area contributed by atoms with E-state index in [0.29, 0.717) is 30.2 Å².